The van der Waals surface area contributed by atoms with Gasteiger partial charge in [-0.05, 0) is 24.3 Å². The highest BCUT2D eigenvalue weighted by Crippen LogP contribution is 2.29. The Morgan fingerprint density at radius 1 is 0.939 bits per heavy atom. The average molecular weight is 481 g/mol. The number of carbonyl (C=O) groups excluding carboxylic acids is 1. The van der Waals surface area contributed by atoms with Gasteiger partial charge in [0, 0.05) is 32.6 Å². The molecule has 0 aliphatic carbocycles. The number of fused-ring (bicyclic) bond motifs is 1. The molecule has 33 heavy (non-hydrogen) atoms. The van der Waals surface area contributed by atoms with E-state index in [0.29, 0.717) is 48.2 Å². The molecule has 1 fully saturated rings. The van der Waals surface area contributed by atoms with Gasteiger partial charge < -0.3 is 9.80 Å². The molecule has 2 aromatic carbocycles. The van der Waals surface area contributed by atoms with Crippen LogP contribution in [0.5, 0.6) is 0 Å². The number of halogens is 2. The first-order chi connectivity index (χ1) is 16.1. The fourth-order valence-corrected chi connectivity index (χ4v) is 4.49. The third kappa shape index (κ3) is 4.03. The van der Waals surface area contributed by atoms with Gasteiger partial charge in [-0.3, -0.25) is 4.79 Å². The van der Waals surface area contributed by atoms with Crippen molar-refractivity contribution in [2.24, 2.45) is 0 Å². The maximum Gasteiger partial charge on any atom is 0.255 e. The number of anilines is 1. The lowest BCUT2D eigenvalue weighted by molar-refractivity contribution is 0.0747. The van der Waals surface area contributed by atoms with E-state index in [0.717, 1.165) is 28.4 Å². The van der Waals surface area contributed by atoms with E-state index < -0.39 is 0 Å². The highest BCUT2D eigenvalue weighted by molar-refractivity contribution is 6.33. The minimum Gasteiger partial charge on any atom is -0.352 e. The standard InChI is InChI=1S/C24H22Cl2N6O/c1-2-21-28-22(17-15-27-32(23(17)29-21)20-10-6-5-9-19(20)26)30-11-13-31(14-12-30)24(33)16-7-3-4-8-18(16)25/h3-10,15H,2,11-14H2,1H3. The number of hydrogen-bond donors (Lipinski definition) is 0. The summed E-state index contributed by atoms with van der Waals surface area (Å²) in [5, 5.41) is 6.51. The van der Waals surface area contributed by atoms with Crippen LogP contribution >= 0.6 is 23.2 Å². The van der Waals surface area contributed by atoms with Gasteiger partial charge in [-0.2, -0.15) is 5.10 Å². The summed E-state index contributed by atoms with van der Waals surface area (Å²) in [5.41, 5.74) is 2.03. The van der Waals surface area contributed by atoms with E-state index in [9.17, 15) is 4.79 Å². The molecule has 0 atom stereocenters. The number of benzene rings is 2. The molecule has 7 nitrogen and oxygen atoms in total. The second-order valence-electron chi connectivity index (χ2n) is 7.82. The molecule has 2 aromatic heterocycles. The molecule has 3 heterocycles. The van der Waals surface area contributed by atoms with Crippen molar-refractivity contribution in [3.8, 4) is 5.69 Å². The summed E-state index contributed by atoms with van der Waals surface area (Å²) in [5.74, 6) is 1.52. The first kappa shape index (κ1) is 21.7. The molecular weight excluding hydrogens is 459 g/mol. The van der Waals surface area contributed by atoms with Crippen molar-refractivity contribution < 1.29 is 4.79 Å². The van der Waals surface area contributed by atoms with Crippen molar-refractivity contribution in [1.29, 1.82) is 0 Å². The fourth-order valence-electron chi connectivity index (χ4n) is 4.06. The summed E-state index contributed by atoms with van der Waals surface area (Å²) in [6, 6.07) is 14.7. The first-order valence-corrected chi connectivity index (χ1v) is 11.6. The Morgan fingerprint density at radius 3 is 2.33 bits per heavy atom. The second-order valence-corrected chi connectivity index (χ2v) is 8.64. The van der Waals surface area contributed by atoms with E-state index in [1.165, 1.54) is 0 Å². The van der Waals surface area contributed by atoms with Crippen LogP contribution in [-0.4, -0.2) is 56.7 Å². The summed E-state index contributed by atoms with van der Waals surface area (Å²) in [6.07, 6.45) is 2.48. The Morgan fingerprint density at radius 2 is 1.64 bits per heavy atom. The monoisotopic (exact) mass is 480 g/mol. The minimum atomic E-state index is -0.0473. The largest absolute Gasteiger partial charge is 0.352 e. The van der Waals surface area contributed by atoms with Gasteiger partial charge >= 0.3 is 0 Å². The highest BCUT2D eigenvalue weighted by Gasteiger charge is 2.26. The number of hydrogen-bond acceptors (Lipinski definition) is 5. The number of piperazine rings is 1. The molecule has 0 bridgehead atoms. The second kappa shape index (κ2) is 9.00. The Kier molecular flexibility index (Phi) is 5.91. The molecule has 1 aliphatic heterocycles. The lowest BCUT2D eigenvalue weighted by atomic mass is 10.1. The third-order valence-corrected chi connectivity index (χ3v) is 6.47. The Hall–Kier alpha value is -3.16. The van der Waals surface area contributed by atoms with Crippen LogP contribution in [0.1, 0.15) is 23.1 Å². The van der Waals surface area contributed by atoms with Crippen LogP contribution in [0, 0.1) is 0 Å². The van der Waals surface area contributed by atoms with E-state index >= 15 is 0 Å². The number of aryl methyl sites for hydroxylation is 1. The third-order valence-electron chi connectivity index (χ3n) is 5.82. The zero-order valence-electron chi connectivity index (χ0n) is 18.1. The number of carbonyl (C=O) groups is 1. The van der Waals surface area contributed by atoms with Crippen molar-refractivity contribution in [3.63, 3.8) is 0 Å². The summed E-state index contributed by atoms with van der Waals surface area (Å²) in [6.45, 7) is 4.50. The van der Waals surface area contributed by atoms with E-state index in [1.807, 2.05) is 48.2 Å². The van der Waals surface area contributed by atoms with E-state index in [1.54, 1.807) is 23.0 Å². The average Bonchev–Trinajstić information content (AvgIpc) is 3.27. The van der Waals surface area contributed by atoms with Gasteiger partial charge in [0.15, 0.2) is 5.65 Å². The van der Waals surface area contributed by atoms with Crippen LogP contribution in [-0.2, 0) is 6.42 Å². The molecule has 1 aliphatic rings. The Bertz CT molecular complexity index is 1330. The Labute approximate surface area is 201 Å². The maximum absolute atomic E-state index is 12.9. The summed E-state index contributed by atoms with van der Waals surface area (Å²) < 4.78 is 1.76. The van der Waals surface area contributed by atoms with Gasteiger partial charge in [-0.25, -0.2) is 14.6 Å². The van der Waals surface area contributed by atoms with E-state index in [2.05, 4.69) is 10.00 Å². The van der Waals surface area contributed by atoms with Crippen LogP contribution < -0.4 is 4.90 Å². The molecule has 0 spiro atoms. The predicted molar refractivity (Wildman–Crippen MR) is 131 cm³/mol. The van der Waals surface area contributed by atoms with Crippen LogP contribution in [0.2, 0.25) is 10.0 Å². The number of nitrogens with zero attached hydrogens (tertiary/aromatic N) is 6. The van der Waals surface area contributed by atoms with Crippen molar-refractivity contribution in [2.75, 3.05) is 31.1 Å². The number of rotatable bonds is 4. The lowest BCUT2D eigenvalue weighted by Crippen LogP contribution is -2.49. The molecule has 0 saturated carbocycles. The minimum absolute atomic E-state index is 0.0473. The summed E-state index contributed by atoms with van der Waals surface area (Å²) >= 11 is 12.7. The molecule has 1 amide bonds. The van der Waals surface area contributed by atoms with Crippen LogP contribution in [0.15, 0.2) is 54.7 Å². The van der Waals surface area contributed by atoms with Gasteiger partial charge in [0.2, 0.25) is 0 Å². The van der Waals surface area contributed by atoms with Crippen LogP contribution in [0.3, 0.4) is 0 Å². The molecule has 5 rings (SSSR count). The van der Waals surface area contributed by atoms with Gasteiger partial charge in [0.25, 0.3) is 5.91 Å². The number of aromatic nitrogens is 4. The first-order valence-electron chi connectivity index (χ1n) is 10.8. The predicted octanol–water partition coefficient (Wildman–Crippen LogP) is 4.65. The van der Waals surface area contributed by atoms with Gasteiger partial charge in [0.05, 0.1) is 32.9 Å². The molecular formula is C24H22Cl2N6O. The SMILES string of the molecule is CCc1nc(N2CCN(C(=O)c3ccccc3Cl)CC2)c2cnn(-c3ccccc3Cl)c2n1. The molecule has 1 saturated heterocycles. The summed E-state index contributed by atoms with van der Waals surface area (Å²) in [7, 11) is 0. The smallest absolute Gasteiger partial charge is 0.255 e. The number of amides is 1. The Balaban J connectivity index is 1.44. The molecule has 0 unspecified atom stereocenters. The molecule has 4 aromatic rings. The zero-order valence-corrected chi connectivity index (χ0v) is 19.6. The zero-order chi connectivity index (χ0) is 22.9. The van der Waals surface area contributed by atoms with Crippen molar-refractivity contribution >= 4 is 46.0 Å². The topological polar surface area (TPSA) is 67.2 Å². The molecule has 0 radical (unpaired) electrons. The normalized spacial score (nSPS) is 14.2. The quantitative estimate of drug-likeness (QED) is 0.425. The maximum atomic E-state index is 12.9. The lowest BCUT2D eigenvalue weighted by Gasteiger charge is -2.35. The summed E-state index contributed by atoms with van der Waals surface area (Å²) in [4.78, 5) is 26.5. The molecule has 0 N–H and O–H groups in total. The van der Waals surface area contributed by atoms with Crippen molar-refractivity contribution in [2.45, 2.75) is 13.3 Å². The van der Waals surface area contributed by atoms with Crippen LogP contribution in [0.4, 0.5) is 5.82 Å². The van der Waals surface area contributed by atoms with Crippen molar-refractivity contribution in [3.05, 3.63) is 76.2 Å². The van der Waals surface area contributed by atoms with Gasteiger partial charge in [0.1, 0.15) is 11.6 Å². The molecule has 9 heteroatoms. The van der Waals surface area contributed by atoms with E-state index in [4.69, 9.17) is 33.2 Å². The van der Waals surface area contributed by atoms with Gasteiger partial charge in [-0.15, -0.1) is 0 Å². The van der Waals surface area contributed by atoms with Crippen LogP contribution in [0.25, 0.3) is 16.7 Å². The fraction of sp³-hybridized carbons (Fsp3) is 0.250. The van der Waals surface area contributed by atoms with E-state index in [-0.39, 0.29) is 5.91 Å². The number of para-hydroxylation sites is 1. The van der Waals surface area contributed by atoms with Crippen molar-refractivity contribution in [1.82, 2.24) is 24.6 Å². The van der Waals surface area contributed by atoms with Gasteiger partial charge in [-0.1, -0.05) is 54.4 Å². The highest BCUT2D eigenvalue weighted by atomic mass is 35.5. The molecule has 168 valence electrons.